The molecule has 0 aliphatic carbocycles. The van der Waals surface area contributed by atoms with Gasteiger partial charge in [-0.3, -0.25) is 9.59 Å². The van der Waals surface area contributed by atoms with E-state index in [4.69, 9.17) is 14.2 Å². The molecule has 52 heavy (non-hydrogen) atoms. The van der Waals surface area contributed by atoms with E-state index in [1.807, 2.05) is 0 Å². The number of esters is 2. The van der Waals surface area contributed by atoms with Crippen molar-refractivity contribution in [3.05, 3.63) is 0 Å². The fraction of sp³-hybridized carbons (Fsp3) is 0.932. The van der Waals surface area contributed by atoms with Gasteiger partial charge in [-0.25, -0.2) is 0 Å². The average molecular weight is 740 g/mol. The highest BCUT2D eigenvalue weighted by molar-refractivity contribution is 5.70. The maximum absolute atomic E-state index is 12.7. The molecule has 0 aromatic carbocycles. The normalized spacial score (nSPS) is 12.9. The topological polar surface area (TPSA) is 102 Å². The fourth-order valence-electron chi connectivity index (χ4n) is 6.78. The van der Waals surface area contributed by atoms with Crippen LogP contribution in [0.2, 0.25) is 0 Å². The Hall–Kier alpha value is -1.67. The summed E-state index contributed by atoms with van der Waals surface area (Å²) in [6, 6.07) is -0.718. The lowest BCUT2D eigenvalue weighted by Crippen LogP contribution is -2.55. The second kappa shape index (κ2) is 36.3. The maximum atomic E-state index is 12.7. The zero-order valence-corrected chi connectivity index (χ0v) is 35.0. The van der Waals surface area contributed by atoms with Crippen LogP contribution in [0.3, 0.4) is 0 Å². The molecule has 2 unspecified atom stereocenters. The number of unbranched alkanes of at least 4 members (excludes halogenated alkanes) is 26. The summed E-state index contributed by atoms with van der Waals surface area (Å²) in [5.74, 6) is -1.71. The highest BCUT2D eigenvalue weighted by Crippen LogP contribution is 2.16. The van der Waals surface area contributed by atoms with E-state index >= 15 is 0 Å². The van der Waals surface area contributed by atoms with E-state index in [-0.39, 0.29) is 42.7 Å². The first-order chi connectivity index (χ1) is 25.1. The molecule has 0 saturated heterocycles. The first-order valence-electron chi connectivity index (χ1n) is 22.1. The lowest BCUT2D eigenvalue weighted by molar-refractivity contribution is -0.889. The van der Waals surface area contributed by atoms with Crippen LogP contribution in [0.1, 0.15) is 213 Å². The molecule has 0 aliphatic rings. The summed E-state index contributed by atoms with van der Waals surface area (Å²) in [7, 11) is 5.42. The number of hydrogen-bond acceptors (Lipinski definition) is 7. The van der Waals surface area contributed by atoms with Gasteiger partial charge in [-0.2, -0.15) is 0 Å². The Morgan fingerprint density at radius 3 is 1.19 bits per heavy atom. The van der Waals surface area contributed by atoms with Gasteiger partial charge in [0.15, 0.2) is 6.10 Å². The summed E-state index contributed by atoms with van der Waals surface area (Å²) in [5.41, 5.74) is 0. The summed E-state index contributed by atoms with van der Waals surface area (Å²) in [4.78, 5) is 36.8. The molecule has 0 N–H and O–H groups in total. The Balaban J connectivity index is 4.30. The number of hydrogen-bond donors (Lipinski definition) is 0. The number of nitrogens with zero attached hydrogens (tertiary/aromatic N) is 1. The number of carbonyl (C=O) groups excluding carboxylic acids is 3. The summed E-state index contributed by atoms with van der Waals surface area (Å²) >= 11 is 0. The Morgan fingerprint density at radius 1 is 0.500 bits per heavy atom. The molecule has 0 spiro atoms. The van der Waals surface area contributed by atoms with E-state index in [0.29, 0.717) is 12.8 Å². The molecule has 8 nitrogen and oxygen atoms in total. The third kappa shape index (κ3) is 34.1. The van der Waals surface area contributed by atoms with Crippen LogP contribution in [0.4, 0.5) is 0 Å². The summed E-state index contributed by atoms with van der Waals surface area (Å²) in [6.07, 6.45) is 35.4. The van der Waals surface area contributed by atoms with E-state index in [1.54, 1.807) is 21.1 Å². The second-order valence-corrected chi connectivity index (χ2v) is 16.3. The van der Waals surface area contributed by atoms with Crippen molar-refractivity contribution in [2.75, 3.05) is 41.0 Å². The molecule has 0 aromatic rings. The molecular formula is C44H85NO7. The van der Waals surface area contributed by atoms with Crippen molar-refractivity contribution in [3.63, 3.8) is 0 Å². The van der Waals surface area contributed by atoms with Gasteiger partial charge in [-0.05, 0) is 12.8 Å². The zero-order valence-electron chi connectivity index (χ0n) is 35.0. The van der Waals surface area contributed by atoms with Gasteiger partial charge in [0, 0.05) is 19.3 Å². The Labute approximate surface area is 321 Å². The van der Waals surface area contributed by atoms with E-state index in [9.17, 15) is 19.5 Å². The Kier molecular flexibility index (Phi) is 35.1. The molecule has 0 rings (SSSR count). The molecular weight excluding hydrogens is 654 g/mol. The SMILES string of the molecule is CCCCCCCCCCCCCCCCCC(=O)OCC(COCCC(C(=O)[O-])[N+](C)(C)C)OC(=O)CCCCCCCCCCCCCCC. The van der Waals surface area contributed by atoms with Gasteiger partial charge in [0.1, 0.15) is 12.6 Å². The van der Waals surface area contributed by atoms with Crippen LogP contribution < -0.4 is 5.11 Å². The van der Waals surface area contributed by atoms with Crippen LogP contribution in [0.5, 0.6) is 0 Å². The molecule has 0 heterocycles. The van der Waals surface area contributed by atoms with Crippen molar-refractivity contribution in [1.82, 2.24) is 0 Å². The van der Waals surface area contributed by atoms with Gasteiger partial charge >= 0.3 is 11.9 Å². The fourth-order valence-corrected chi connectivity index (χ4v) is 6.78. The second-order valence-electron chi connectivity index (χ2n) is 16.3. The number of carbonyl (C=O) groups is 3. The zero-order chi connectivity index (χ0) is 38.5. The summed E-state index contributed by atoms with van der Waals surface area (Å²) < 4.78 is 17.2. The van der Waals surface area contributed by atoms with Crippen LogP contribution in [0.25, 0.3) is 0 Å². The highest BCUT2D eigenvalue weighted by atomic mass is 16.6. The van der Waals surface area contributed by atoms with E-state index in [0.717, 1.165) is 38.5 Å². The predicted octanol–water partition coefficient (Wildman–Crippen LogP) is 10.4. The average Bonchev–Trinajstić information content (AvgIpc) is 3.09. The molecule has 0 radical (unpaired) electrons. The number of likely N-dealkylation sites (N-methyl/N-ethyl adjacent to an activating group) is 1. The first-order valence-corrected chi connectivity index (χ1v) is 22.1. The van der Waals surface area contributed by atoms with Crippen LogP contribution >= 0.6 is 0 Å². The Morgan fingerprint density at radius 2 is 0.846 bits per heavy atom. The van der Waals surface area contributed by atoms with Crippen LogP contribution in [-0.4, -0.2) is 75.5 Å². The molecule has 0 aromatic heterocycles. The van der Waals surface area contributed by atoms with Gasteiger partial charge in [0.2, 0.25) is 0 Å². The lowest BCUT2D eigenvalue weighted by atomic mass is 10.0. The smallest absolute Gasteiger partial charge is 0.306 e. The van der Waals surface area contributed by atoms with E-state index < -0.39 is 18.1 Å². The molecule has 0 bridgehead atoms. The number of carboxylic acid groups (broad SMARTS) is 1. The quantitative estimate of drug-likeness (QED) is 0.0350. The van der Waals surface area contributed by atoms with E-state index in [1.165, 1.54) is 141 Å². The van der Waals surface area contributed by atoms with Gasteiger partial charge < -0.3 is 28.6 Å². The van der Waals surface area contributed by atoms with Gasteiger partial charge in [0.05, 0.1) is 40.3 Å². The third-order valence-electron chi connectivity index (χ3n) is 10.2. The standard InChI is InChI=1S/C44H85NO7/c1-6-8-10-12-14-16-18-20-21-23-24-26-28-30-32-34-42(46)51-39-40(38-50-37-36-41(44(48)49)45(3,4)5)52-43(47)35-33-31-29-27-25-22-19-17-15-13-11-9-7-2/h40-41H,6-39H2,1-5H3. The summed E-state index contributed by atoms with van der Waals surface area (Å²) in [6.45, 7) is 4.69. The van der Waals surface area contributed by atoms with Gasteiger partial charge in [0.25, 0.3) is 0 Å². The van der Waals surface area contributed by atoms with Gasteiger partial charge in [-0.1, -0.05) is 181 Å². The van der Waals surface area contributed by atoms with Crippen molar-refractivity contribution >= 4 is 17.9 Å². The van der Waals surface area contributed by atoms with Crippen molar-refractivity contribution in [1.29, 1.82) is 0 Å². The van der Waals surface area contributed by atoms with Crippen LogP contribution in [0, 0.1) is 0 Å². The Bertz CT molecular complexity index is 828. The number of carboxylic acids is 1. The minimum absolute atomic E-state index is 0.0491. The van der Waals surface area contributed by atoms with E-state index in [2.05, 4.69) is 13.8 Å². The molecule has 0 amide bonds. The molecule has 0 saturated carbocycles. The van der Waals surface area contributed by atoms with Gasteiger partial charge in [-0.15, -0.1) is 0 Å². The minimum Gasteiger partial charge on any atom is -0.544 e. The molecule has 2 atom stereocenters. The predicted molar refractivity (Wildman–Crippen MR) is 213 cm³/mol. The minimum atomic E-state index is -1.12. The van der Waals surface area contributed by atoms with Crippen molar-refractivity contribution in [2.24, 2.45) is 0 Å². The first kappa shape index (κ1) is 50.3. The maximum Gasteiger partial charge on any atom is 0.306 e. The third-order valence-corrected chi connectivity index (χ3v) is 10.2. The van der Waals surface area contributed by atoms with Crippen molar-refractivity contribution in [3.8, 4) is 0 Å². The number of rotatable bonds is 40. The number of aliphatic carboxylic acids is 1. The lowest BCUT2D eigenvalue weighted by Gasteiger charge is -2.34. The van der Waals surface area contributed by atoms with Crippen molar-refractivity contribution in [2.45, 2.75) is 225 Å². The van der Waals surface area contributed by atoms with Crippen LogP contribution in [-0.2, 0) is 28.6 Å². The largest absolute Gasteiger partial charge is 0.544 e. The number of ether oxygens (including phenoxy) is 3. The molecule has 0 aliphatic heterocycles. The number of quaternary nitrogens is 1. The molecule has 0 fully saturated rings. The molecule has 8 heteroatoms. The molecule has 308 valence electrons. The van der Waals surface area contributed by atoms with Crippen molar-refractivity contribution < 1.29 is 38.2 Å². The monoisotopic (exact) mass is 740 g/mol. The highest BCUT2D eigenvalue weighted by Gasteiger charge is 2.25. The summed E-state index contributed by atoms with van der Waals surface area (Å²) in [5, 5.41) is 11.6. The van der Waals surface area contributed by atoms with Crippen LogP contribution in [0.15, 0.2) is 0 Å².